The molecule has 6 heteroatoms. The van der Waals surface area contributed by atoms with E-state index < -0.39 is 23.7 Å². The van der Waals surface area contributed by atoms with Crippen molar-refractivity contribution in [3.8, 4) is 0 Å². The summed E-state index contributed by atoms with van der Waals surface area (Å²) in [6, 6.07) is 10.4. The molecule has 0 saturated carbocycles. The number of nitrogens with one attached hydrogen (secondary N) is 1. The van der Waals surface area contributed by atoms with Crippen LogP contribution in [-0.2, 0) is 15.2 Å². The van der Waals surface area contributed by atoms with Crippen molar-refractivity contribution in [3.63, 3.8) is 0 Å². The number of anilines is 1. The summed E-state index contributed by atoms with van der Waals surface area (Å²) >= 11 is 6.07. The maximum Gasteiger partial charge on any atom is 0.261 e. The molecule has 1 aliphatic rings. The Labute approximate surface area is 142 Å². The van der Waals surface area contributed by atoms with E-state index in [9.17, 15) is 19.1 Å². The van der Waals surface area contributed by atoms with Crippen molar-refractivity contribution in [2.45, 2.75) is 12.0 Å². The molecule has 0 spiro atoms. The zero-order valence-corrected chi connectivity index (χ0v) is 13.2. The molecule has 0 saturated heterocycles. The number of amides is 1. The van der Waals surface area contributed by atoms with E-state index in [1.165, 1.54) is 36.4 Å². The minimum Gasteiger partial charge on any atom is -0.375 e. The van der Waals surface area contributed by atoms with E-state index in [1.54, 1.807) is 18.2 Å². The van der Waals surface area contributed by atoms with Gasteiger partial charge in [-0.3, -0.25) is 9.59 Å². The van der Waals surface area contributed by atoms with E-state index in [0.717, 1.165) is 0 Å². The summed E-state index contributed by atoms with van der Waals surface area (Å²) in [7, 11) is 0. The fourth-order valence-corrected chi connectivity index (χ4v) is 2.96. The summed E-state index contributed by atoms with van der Waals surface area (Å²) in [5.74, 6) is -1.51. The molecule has 0 unspecified atom stereocenters. The standard InChI is InChI=1S/C18H13ClFNO3/c19-14-2-1-3-15-16(14)18(24,17(23)21-15)10-13(22)9-6-11-4-7-12(20)8-5-11/h1-9,24H,10H2,(H,21,23)/b9-6+/t18-/m1/s1. The lowest BCUT2D eigenvalue weighted by molar-refractivity contribution is -0.138. The maximum atomic E-state index is 12.8. The van der Waals surface area contributed by atoms with Crippen LogP contribution < -0.4 is 5.32 Å². The molecule has 1 amide bonds. The van der Waals surface area contributed by atoms with Crippen molar-refractivity contribution in [1.29, 1.82) is 0 Å². The number of rotatable bonds is 4. The third-order valence-electron chi connectivity index (χ3n) is 3.81. The summed E-state index contributed by atoms with van der Waals surface area (Å²) in [6.07, 6.45) is 2.30. The number of hydrogen-bond acceptors (Lipinski definition) is 3. The maximum absolute atomic E-state index is 12.8. The highest BCUT2D eigenvalue weighted by atomic mass is 35.5. The summed E-state index contributed by atoms with van der Waals surface area (Å²) in [5.41, 5.74) is -0.769. The van der Waals surface area contributed by atoms with Crippen LogP contribution in [0.5, 0.6) is 0 Å². The molecule has 0 aliphatic carbocycles. The van der Waals surface area contributed by atoms with Gasteiger partial charge in [-0.25, -0.2) is 4.39 Å². The number of aliphatic hydroxyl groups is 1. The Kier molecular flexibility index (Phi) is 4.22. The Bertz CT molecular complexity index is 848. The fourth-order valence-electron chi connectivity index (χ4n) is 2.63. The molecule has 2 N–H and O–H groups in total. The van der Waals surface area contributed by atoms with E-state index >= 15 is 0 Å². The molecule has 0 aromatic heterocycles. The first kappa shape index (κ1) is 16.4. The van der Waals surface area contributed by atoms with E-state index in [1.807, 2.05) is 0 Å². The second kappa shape index (κ2) is 6.19. The first-order valence-corrected chi connectivity index (χ1v) is 7.57. The molecule has 4 nitrogen and oxygen atoms in total. The van der Waals surface area contributed by atoms with Gasteiger partial charge in [0.05, 0.1) is 6.42 Å². The van der Waals surface area contributed by atoms with Crippen molar-refractivity contribution in [2.75, 3.05) is 5.32 Å². The van der Waals surface area contributed by atoms with Gasteiger partial charge in [0.1, 0.15) is 5.82 Å². The average molecular weight is 346 g/mol. The van der Waals surface area contributed by atoms with Gasteiger partial charge in [0.25, 0.3) is 5.91 Å². The molecule has 3 rings (SSSR count). The van der Waals surface area contributed by atoms with Crippen LogP contribution >= 0.6 is 11.6 Å². The van der Waals surface area contributed by atoms with Crippen LogP contribution in [-0.4, -0.2) is 16.8 Å². The van der Waals surface area contributed by atoms with Gasteiger partial charge in [-0.15, -0.1) is 0 Å². The predicted molar refractivity (Wildman–Crippen MR) is 89.0 cm³/mol. The average Bonchev–Trinajstić information content (AvgIpc) is 2.79. The van der Waals surface area contributed by atoms with Crippen LogP contribution in [0.4, 0.5) is 10.1 Å². The number of allylic oxidation sites excluding steroid dienone is 1. The molecule has 1 aliphatic heterocycles. The van der Waals surface area contributed by atoms with Crippen LogP contribution in [0.3, 0.4) is 0 Å². The highest BCUT2D eigenvalue weighted by Gasteiger charge is 2.47. The Hall–Kier alpha value is -2.50. The molecular weight excluding hydrogens is 333 g/mol. The van der Waals surface area contributed by atoms with Crippen molar-refractivity contribution >= 4 is 35.1 Å². The van der Waals surface area contributed by atoms with Crippen LogP contribution in [0, 0.1) is 5.82 Å². The summed E-state index contributed by atoms with van der Waals surface area (Å²) in [4.78, 5) is 24.3. The number of fused-ring (bicyclic) bond motifs is 1. The van der Waals surface area contributed by atoms with Gasteiger partial charge in [0.2, 0.25) is 0 Å². The third kappa shape index (κ3) is 2.96. The molecule has 2 aromatic carbocycles. The molecular formula is C18H13ClFNO3. The number of carbonyl (C=O) groups excluding carboxylic acids is 2. The minimum atomic E-state index is -2.00. The van der Waals surface area contributed by atoms with E-state index in [0.29, 0.717) is 11.3 Å². The number of carbonyl (C=O) groups is 2. The third-order valence-corrected chi connectivity index (χ3v) is 4.13. The Morgan fingerprint density at radius 2 is 1.96 bits per heavy atom. The number of hydrogen-bond donors (Lipinski definition) is 2. The molecule has 1 heterocycles. The Balaban J connectivity index is 1.82. The van der Waals surface area contributed by atoms with E-state index in [4.69, 9.17) is 11.6 Å². The number of ketones is 1. The van der Waals surface area contributed by atoms with Crippen molar-refractivity contribution < 1.29 is 19.1 Å². The van der Waals surface area contributed by atoms with Crippen LogP contribution in [0.15, 0.2) is 48.5 Å². The quantitative estimate of drug-likeness (QED) is 0.836. The van der Waals surface area contributed by atoms with Crippen LogP contribution in [0.25, 0.3) is 6.08 Å². The van der Waals surface area contributed by atoms with Gasteiger partial charge < -0.3 is 10.4 Å². The van der Waals surface area contributed by atoms with Gasteiger partial charge in [-0.2, -0.15) is 0 Å². The number of halogens is 2. The predicted octanol–water partition coefficient (Wildman–Crippen LogP) is 3.29. The van der Waals surface area contributed by atoms with Gasteiger partial charge in [-0.1, -0.05) is 35.9 Å². The monoisotopic (exact) mass is 345 g/mol. The highest BCUT2D eigenvalue weighted by Crippen LogP contribution is 2.42. The molecule has 1 atom stereocenters. The lowest BCUT2D eigenvalue weighted by Crippen LogP contribution is -2.36. The molecule has 0 fully saturated rings. The molecule has 0 radical (unpaired) electrons. The Morgan fingerprint density at radius 3 is 2.67 bits per heavy atom. The zero-order valence-electron chi connectivity index (χ0n) is 12.4. The molecule has 0 bridgehead atoms. The lowest BCUT2D eigenvalue weighted by Gasteiger charge is -2.20. The number of benzene rings is 2. The molecule has 122 valence electrons. The summed E-state index contributed by atoms with van der Waals surface area (Å²) in [6.45, 7) is 0. The van der Waals surface area contributed by atoms with Crippen molar-refractivity contribution in [2.24, 2.45) is 0 Å². The van der Waals surface area contributed by atoms with Gasteiger partial charge in [0.15, 0.2) is 11.4 Å². The van der Waals surface area contributed by atoms with Crippen molar-refractivity contribution in [1.82, 2.24) is 0 Å². The lowest BCUT2D eigenvalue weighted by atomic mass is 9.89. The minimum absolute atomic E-state index is 0.209. The van der Waals surface area contributed by atoms with Gasteiger partial charge in [0, 0.05) is 16.3 Å². The van der Waals surface area contributed by atoms with Crippen molar-refractivity contribution in [3.05, 3.63) is 70.5 Å². The second-order valence-electron chi connectivity index (χ2n) is 5.50. The highest BCUT2D eigenvalue weighted by molar-refractivity contribution is 6.33. The fraction of sp³-hybridized carbons (Fsp3) is 0.111. The molecule has 2 aromatic rings. The van der Waals surface area contributed by atoms with E-state index in [2.05, 4.69) is 5.32 Å². The van der Waals surface area contributed by atoms with Gasteiger partial charge in [-0.05, 0) is 35.9 Å². The van der Waals surface area contributed by atoms with Crippen LogP contribution in [0.2, 0.25) is 5.02 Å². The first-order valence-electron chi connectivity index (χ1n) is 7.19. The summed E-state index contributed by atoms with van der Waals surface area (Å²) in [5, 5.41) is 13.4. The molecule has 24 heavy (non-hydrogen) atoms. The zero-order chi connectivity index (χ0) is 17.3. The smallest absolute Gasteiger partial charge is 0.261 e. The second-order valence-corrected chi connectivity index (χ2v) is 5.91. The summed E-state index contributed by atoms with van der Waals surface area (Å²) < 4.78 is 12.8. The topological polar surface area (TPSA) is 66.4 Å². The SMILES string of the molecule is O=C(/C=C/c1ccc(F)cc1)C[C@]1(O)C(=O)Nc2cccc(Cl)c21. The van der Waals surface area contributed by atoms with Crippen LogP contribution in [0.1, 0.15) is 17.5 Å². The van der Waals surface area contributed by atoms with Gasteiger partial charge >= 0.3 is 0 Å². The largest absolute Gasteiger partial charge is 0.375 e. The first-order chi connectivity index (χ1) is 11.4. The van der Waals surface area contributed by atoms with E-state index in [-0.39, 0.29) is 16.4 Å². The Morgan fingerprint density at radius 1 is 1.25 bits per heavy atom. The normalized spacial score (nSPS) is 19.4.